The van der Waals surface area contributed by atoms with Gasteiger partial charge in [0.05, 0.1) is 10.0 Å². The number of halogens is 2. The molecule has 1 unspecified atom stereocenters. The van der Waals surface area contributed by atoms with Gasteiger partial charge in [-0.05, 0) is 69.4 Å². The van der Waals surface area contributed by atoms with Crippen molar-refractivity contribution in [3.05, 3.63) is 69.2 Å². The van der Waals surface area contributed by atoms with Gasteiger partial charge >= 0.3 is 0 Å². The second kappa shape index (κ2) is 11.0. The van der Waals surface area contributed by atoms with Gasteiger partial charge in [-0.15, -0.1) is 0 Å². The second-order valence-electron chi connectivity index (χ2n) is 8.86. The number of rotatable bonds is 8. The summed E-state index contributed by atoms with van der Waals surface area (Å²) in [7, 11) is 0. The Morgan fingerprint density at radius 2 is 1.55 bits per heavy atom. The van der Waals surface area contributed by atoms with Gasteiger partial charge in [0.2, 0.25) is 11.8 Å². The molecule has 31 heavy (non-hydrogen) atoms. The summed E-state index contributed by atoms with van der Waals surface area (Å²) >= 11 is 12.2. The standard InChI is InChI=1S/C25H32Cl2N2O2/c1-6-18-7-9-19(10-8-18)12-14-23(30)29(17(2)24(31)28-25(3,4)5)16-20-11-13-21(26)22(27)15-20/h7-11,13,15,17H,6,12,14,16H2,1-5H3,(H,28,31). The number of hydrogen-bond acceptors (Lipinski definition) is 2. The first-order valence-electron chi connectivity index (χ1n) is 10.6. The fourth-order valence-electron chi connectivity index (χ4n) is 3.23. The molecule has 0 saturated heterocycles. The van der Waals surface area contributed by atoms with Gasteiger partial charge in [-0.3, -0.25) is 9.59 Å². The molecular formula is C25H32Cl2N2O2. The molecule has 0 spiro atoms. The molecule has 2 rings (SSSR count). The number of carbonyl (C=O) groups excluding carboxylic acids is 2. The number of hydrogen-bond donors (Lipinski definition) is 1. The van der Waals surface area contributed by atoms with Crippen molar-refractivity contribution in [3.63, 3.8) is 0 Å². The molecule has 0 fully saturated rings. The largest absolute Gasteiger partial charge is 0.350 e. The SMILES string of the molecule is CCc1ccc(CCC(=O)N(Cc2ccc(Cl)c(Cl)c2)C(C)C(=O)NC(C)(C)C)cc1. The van der Waals surface area contributed by atoms with Gasteiger partial charge in [0.25, 0.3) is 0 Å². The molecule has 0 heterocycles. The van der Waals surface area contributed by atoms with Gasteiger partial charge in [0.1, 0.15) is 6.04 Å². The van der Waals surface area contributed by atoms with Gasteiger partial charge in [-0.25, -0.2) is 0 Å². The van der Waals surface area contributed by atoms with Crippen LogP contribution in [0.2, 0.25) is 10.0 Å². The maximum atomic E-state index is 13.2. The monoisotopic (exact) mass is 462 g/mol. The van der Waals surface area contributed by atoms with E-state index in [1.165, 1.54) is 5.56 Å². The van der Waals surface area contributed by atoms with Crippen LogP contribution in [0.1, 0.15) is 57.7 Å². The van der Waals surface area contributed by atoms with Crippen LogP contribution in [0.25, 0.3) is 0 Å². The third kappa shape index (κ3) is 7.86. The van der Waals surface area contributed by atoms with Crippen LogP contribution in [-0.2, 0) is 29.0 Å². The summed E-state index contributed by atoms with van der Waals surface area (Å²) in [5, 5.41) is 3.85. The van der Waals surface area contributed by atoms with E-state index in [-0.39, 0.29) is 23.9 Å². The zero-order chi connectivity index (χ0) is 23.2. The van der Waals surface area contributed by atoms with Gasteiger partial charge in [-0.2, -0.15) is 0 Å². The number of nitrogens with zero attached hydrogens (tertiary/aromatic N) is 1. The molecule has 4 nitrogen and oxygen atoms in total. The lowest BCUT2D eigenvalue weighted by molar-refractivity contribution is -0.141. The molecule has 0 aliphatic rings. The maximum Gasteiger partial charge on any atom is 0.242 e. The van der Waals surface area contributed by atoms with Crippen LogP contribution in [0, 0.1) is 0 Å². The highest BCUT2D eigenvalue weighted by Crippen LogP contribution is 2.24. The van der Waals surface area contributed by atoms with Gasteiger partial charge < -0.3 is 10.2 Å². The Morgan fingerprint density at radius 1 is 0.968 bits per heavy atom. The first-order valence-corrected chi connectivity index (χ1v) is 11.4. The Kier molecular flexibility index (Phi) is 8.96. The van der Waals surface area contributed by atoms with E-state index in [9.17, 15) is 9.59 Å². The fourth-order valence-corrected chi connectivity index (χ4v) is 3.55. The summed E-state index contributed by atoms with van der Waals surface area (Å²) in [6.45, 7) is 9.91. The molecule has 1 atom stereocenters. The van der Waals surface area contributed by atoms with E-state index in [0.717, 1.165) is 17.5 Å². The molecule has 2 aromatic rings. The van der Waals surface area contributed by atoms with Crippen molar-refractivity contribution >= 4 is 35.0 Å². The molecule has 0 bridgehead atoms. The number of carbonyl (C=O) groups is 2. The van der Waals surface area contributed by atoms with Crippen molar-refractivity contribution in [2.24, 2.45) is 0 Å². The van der Waals surface area contributed by atoms with Crippen molar-refractivity contribution in [1.82, 2.24) is 10.2 Å². The van der Waals surface area contributed by atoms with Gasteiger partial charge in [0.15, 0.2) is 0 Å². The highest BCUT2D eigenvalue weighted by molar-refractivity contribution is 6.42. The molecule has 2 amide bonds. The third-order valence-corrected chi connectivity index (χ3v) is 5.80. The van der Waals surface area contributed by atoms with Crippen LogP contribution in [0.4, 0.5) is 0 Å². The van der Waals surface area contributed by atoms with Crippen molar-refractivity contribution in [2.45, 2.75) is 72.0 Å². The van der Waals surface area contributed by atoms with E-state index in [0.29, 0.717) is 22.9 Å². The second-order valence-corrected chi connectivity index (χ2v) is 9.67. The van der Waals surface area contributed by atoms with E-state index in [2.05, 4.69) is 36.5 Å². The number of aryl methyl sites for hydroxylation is 2. The lowest BCUT2D eigenvalue weighted by Crippen LogP contribution is -2.52. The Hall–Kier alpha value is -2.04. The highest BCUT2D eigenvalue weighted by Gasteiger charge is 2.28. The average Bonchev–Trinajstić information content (AvgIpc) is 2.71. The molecule has 0 aliphatic carbocycles. The topological polar surface area (TPSA) is 49.4 Å². The minimum atomic E-state index is -0.622. The zero-order valence-electron chi connectivity index (χ0n) is 19.0. The number of nitrogens with one attached hydrogen (secondary N) is 1. The summed E-state index contributed by atoms with van der Waals surface area (Å²) in [6, 6.07) is 12.9. The Bertz CT molecular complexity index is 905. The number of amides is 2. The van der Waals surface area contributed by atoms with Gasteiger partial charge in [-0.1, -0.05) is 60.5 Å². The molecule has 0 saturated carbocycles. The van der Waals surface area contributed by atoms with E-state index >= 15 is 0 Å². The van der Waals surface area contributed by atoms with E-state index in [4.69, 9.17) is 23.2 Å². The minimum Gasteiger partial charge on any atom is -0.350 e. The van der Waals surface area contributed by atoms with Crippen LogP contribution in [0.3, 0.4) is 0 Å². The molecule has 6 heteroatoms. The number of benzene rings is 2. The lowest BCUT2D eigenvalue weighted by atomic mass is 10.0. The lowest BCUT2D eigenvalue weighted by Gasteiger charge is -2.31. The highest BCUT2D eigenvalue weighted by atomic mass is 35.5. The first-order chi connectivity index (χ1) is 14.5. The molecule has 1 N–H and O–H groups in total. The van der Waals surface area contributed by atoms with Crippen molar-refractivity contribution < 1.29 is 9.59 Å². The Balaban J connectivity index is 2.18. The van der Waals surface area contributed by atoms with E-state index in [1.807, 2.05) is 26.8 Å². The van der Waals surface area contributed by atoms with Gasteiger partial charge in [0, 0.05) is 18.5 Å². The van der Waals surface area contributed by atoms with E-state index < -0.39 is 6.04 Å². The predicted molar refractivity (Wildman–Crippen MR) is 129 cm³/mol. The first kappa shape index (κ1) is 25.2. The summed E-state index contributed by atoms with van der Waals surface area (Å²) in [6.07, 6.45) is 1.92. The van der Waals surface area contributed by atoms with Crippen LogP contribution in [-0.4, -0.2) is 28.3 Å². The average molecular weight is 463 g/mol. The Labute approximate surface area is 195 Å². The molecule has 168 valence electrons. The van der Waals surface area contributed by atoms with Crippen molar-refractivity contribution in [2.75, 3.05) is 0 Å². The summed E-state index contributed by atoms with van der Waals surface area (Å²) in [4.78, 5) is 27.6. The smallest absolute Gasteiger partial charge is 0.242 e. The minimum absolute atomic E-state index is 0.0813. The molecule has 2 aromatic carbocycles. The molecule has 0 radical (unpaired) electrons. The fraction of sp³-hybridized carbons (Fsp3) is 0.440. The molecule has 0 aliphatic heterocycles. The van der Waals surface area contributed by atoms with Crippen LogP contribution >= 0.6 is 23.2 Å². The third-order valence-electron chi connectivity index (χ3n) is 5.06. The normalized spacial score (nSPS) is 12.4. The quantitative estimate of drug-likeness (QED) is 0.536. The summed E-state index contributed by atoms with van der Waals surface area (Å²) < 4.78 is 0. The predicted octanol–water partition coefficient (Wildman–Crippen LogP) is 5.82. The van der Waals surface area contributed by atoms with Crippen LogP contribution < -0.4 is 5.32 Å². The zero-order valence-corrected chi connectivity index (χ0v) is 20.5. The van der Waals surface area contributed by atoms with Crippen molar-refractivity contribution in [3.8, 4) is 0 Å². The van der Waals surface area contributed by atoms with Crippen LogP contribution in [0.5, 0.6) is 0 Å². The van der Waals surface area contributed by atoms with Crippen molar-refractivity contribution in [1.29, 1.82) is 0 Å². The molecular weight excluding hydrogens is 431 g/mol. The maximum absolute atomic E-state index is 13.2. The van der Waals surface area contributed by atoms with E-state index in [1.54, 1.807) is 24.0 Å². The summed E-state index contributed by atoms with van der Waals surface area (Å²) in [5.41, 5.74) is 2.81. The summed E-state index contributed by atoms with van der Waals surface area (Å²) in [5.74, 6) is -0.268. The van der Waals surface area contributed by atoms with Crippen LogP contribution in [0.15, 0.2) is 42.5 Å². The Morgan fingerprint density at radius 3 is 2.10 bits per heavy atom. The molecule has 0 aromatic heterocycles.